The van der Waals surface area contributed by atoms with E-state index < -0.39 is 49.2 Å². The molecule has 0 unspecified atom stereocenters. The van der Waals surface area contributed by atoms with E-state index in [0.717, 1.165) is 28.4 Å². The standard InChI is InChI=1S/C24H22N6O4.C24H24N6O4.C9H11NO2.C6H4N4.C6H8N2.2BF3.ClHO4.2FH/c1-3-33-23(31)21-19-9-5-7-15-27(19)29(25-21)17-11-13-18(14-12-17)30-26-22(24(32)34-4-2)20-10-6-8-16-28(20)30;1-3-33-23(31)21(19-9-5-7-15-25-19)29-27-17-11-13-18(14-12-17)28-30-22(24(32)34-4-2)20-10-6-8-16-26-20;1-2-12-9(11)7-8-5-3-4-6-10-8;7-9-5-1-2-6(10-8)4-3-5;7-5-1-2-6(8)4-3-5;2*2-1(3)4;2-1(3,4)5;;/h5-16H,3-4H2,1-2H3;5-16,27-28H,3-4H2,1-2H3;3-6H,2,7H2,1H3;1-4H;1-4H,7-8H2;;;(H,2,3,4,5);2*1H/q+2;;;+2;;;;;;/p-3/b;29-21+,30-22+;;;;;;;;. The first-order valence-electron chi connectivity index (χ1n) is 32.3. The number of diazo groups is 2. The summed E-state index contributed by atoms with van der Waals surface area (Å²) in [6, 6.07) is 54.4. The number of rotatable bonds is 19. The fraction of sp³-hybridized carbons (Fsp3) is 0.159. The van der Waals surface area contributed by atoms with Crippen LogP contribution >= 0.6 is 0 Å². The van der Waals surface area contributed by atoms with Gasteiger partial charge in [-0.15, -0.1) is 19.3 Å². The molecule has 11 aromatic rings. The number of fused-ring (bicyclic) bond motifs is 2. The van der Waals surface area contributed by atoms with Gasteiger partial charge in [-0.1, -0.05) is 30.3 Å². The third-order valence-corrected chi connectivity index (χ3v) is 12.8. The zero-order valence-corrected chi connectivity index (χ0v) is 60.9. The summed E-state index contributed by atoms with van der Waals surface area (Å²) in [5.41, 5.74) is 24.9. The smallest absolute Gasteiger partial charge is 0.762 e. The van der Waals surface area contributed by atoms with Gasteiger partial charge in [0.25, 0.3) is 0 Å². The van der Waals surface area contributed by atoms with E-state index in [2.05, 4.69) is 56.2 Å². The number of hydrogen-bond acceptors (Lipinski definition) is 27. The van der Waals surface area contributed by atoms with Crippen LogP contribution in [0.2, 0.25) is 0 Å². The first-order valence-corrected chi connectivity index (χ1v) is 33.5. The molecule has 44 heteroatoms. The van der Waals surface area contributed by atoms with Crippen LogP contribution in [0.1, 0.15) is 72.7 Å². The fourth-order valence-corrected chi connectivity index (χ4v) is 8.36. The van der Waals surface area contributed by atoms with Crippen molar-refractivity contribution in [1.82, 2.24) is 34.7 Å². The van der Waals surface area contributed by atoms with Gasteiger partial charge in [-0.05, 0) is 178 Å². The molecule has 4 aromatic carbocycles. The molecule has 0 spiro atoms. The molecule has 0 atom stereocenters. The van der Waals surface area contributed by atoms with Crippen molar-refractivity contribution in [2.24, 2.45) is 10.2 Å². The minimum atomic E-state index is -4.94. The Bertz CT molecular complexity index is 4580. The van der Waals surface area contributed by atoms with Gasteiger partial charge in [0.1, 0.15) is 23.8 Å². The summed E-state index contributed by atoms with van der Waals surface area (Å²) in [6.07, 6.45) is 8.70. The van der Waals surface area contributed by atoms with Gasteiger partial charge in [-0.25, -0.2) is 37.8 Å². The van der Waals surface area contributed by atoms with E-state index in [-0.39, 0.29) is 71.0 Å². The summed E-state index contributed by atoms with van der Waals surface area (Å²) in [7, 11) is -12.3. The Kier molecular flexibility index (Phi) is 43.2. The number of pyridine rings is 5. The Balaban J connectivity index is 0.000000502. The predicted molar refractivity (Wildman–Crippen MR) is 381 cm³/mol. The Labute approximate surface area is 640 Å². The fourth-order valence-electron chi connectivity index (χ4n) is 8.36. The number of hydrogen-bond donors (Lipinski definition) is 4. The van der Waals surface area contributed by atoms with E-state index in [9.17, 15) is 49.9 Å². The minimum Gasteiger partial charge on any atom is -1.00 e. The average Bonchev–Trinajstić information content (AvgIpc) is 1.62. The van der Waals surface area contributed by atoms with Gasteiger partial charge in [-0.3, -0.25) is 56.5 Å². The molecule has 113 heavy (non-hydrogen) atoms. The van der Waals surface area contributed by atoms with E-state index >= 15 is 0 Å². The van der Waals surface area contributed by atoms with Crippen molar-refractivity contribution in [1.29, 1.82) is 10.8 Å². The molecule has 11 rings (SSSR count). The van der Waals surface area contributed by atoms with Crippen LogP contribution in [0.25, 0.3) is 32.4 Å². The van der Waals surface area contributed by atoms with Crippen LogP contribution in [-0.4, -0.2) is 124 Å². The van der Waals surface area contributed by atoms with Gasteiger partial charge in [0.15, 0.2) is 21.4 Å². The molecule has 0 aliphatic heterocycles. The Hall–Kier alpha value is -14.0. The lowest BCUT2D eigenvalue weighted by molar-refractivity contribution is -2.00. The number of carbonyl (C=O) groups is 5. The number of hydrazone groups is 2. The van der Waals surface area contributed by atoms with Gasteiger partial charge in [-0.2, -0.15) is 10.2 Å². The molecule has 7 aromatic heterocycles. The normalized spacial score (nSPS) is 10.1. The summed E-state index contributed by atoms with van der Waals surface area (Å²) in [5.74, 6) is -2.35. The summed E-state index contributed by atoms with van der Waals surface area (Å²) >= 11 is 0. The number of halogens is 9. The highest BCUT2D eigenvalue weighted by Crippen LogP contribution is 2.20. The van der Waals surface area contributed by atoms with Crippen LogP contribution in [0.15, 0.2) is 229 Å². The highest BCUT2D eigenvalue weighted by Gasteiger charge is 2.31. The van der Waals surface area contributed by atoms with E-state index in [4.69, 9.17) is 64.6 Å². The molecule has 592 valence electrons. The SMILES string of the molecule is CCOC(=O)/C(=N/Nc1ccc(N/N=C(/C(=O)OCC)c2ccccn2)cc1)c1ccccn1.CCOC(=O)Cc1ccccn1.CCOC(=O)c1nn(-c2ccc(-n3nc(C(=O)OCC)c4cccc[n+]43)cc2)[n+]2ccccc12.FB(F)F.FB(F)F.N#[N+]c1ccc([N+]#N)cc1.Nc1ccc(N)cc1.[F-].[F-].[O-][Cl+3]([O-])([O-])[O-]. The zero-order valence-electron chi connectivity index (χ0n) is 60.2. The maximum absolute atomic E-state index is 12.4. The van der Waals surface area contributed by atoms with Crippen LogP contribution in [0, 0.1) is 21.0 Å². The summed E-state index contributed by atoms with van der Waals surface area (Å²) in [4.78, 5) is 81.8. The quantitative estimate of drug-likeness (QED) is 0.0100. The monoisotopic (exact) mass is 1600 g/mol. The van der Waals surface area contributed by atoms with Crippen LogP contribution in [0.3, 0.4) is 0 Å². The van der Waals surface area contributed by atoms with Crippen LogP contribution in [0.4, 0.5) is 60.0 Å². The third kappa shape index (κ3) is 34.8. The highest BCUT2D eigenvalue weighted by molar-refractivity contribution is 6.43. The lowest BCUT2D eigenvalue weighted by Gasteiger charge is -2.17. The van der Waals surface area contributed by atoms with Crippen LogP contribution in [-0.2, 0) is 44.5 Å². The number of anilines is 4. The number of aromatic nitrogens is 9. The second-order valence-corrected chi connectivity index (χ2v) is 21.2. The Morgan fingerprint density at radius 3 is 1.11 bits per heavy atom. The average molecular weight is 1600 g/mol. The topological polar surface area (TPSA) is 463 Å². The van der Waals surface area contributed by atoms with Gasteiger partial charge < -0.3 is 44.6 Å². The van der Waals surface area contributed by atoms with Gasteiger partial charge in [0, 0.05) is 54.2 Å². The molecule has 7 heterocycles. The Morgan fingerprint density at radius 1 is 0.478 bits per heavy atom. The number of nitrogen functional groups attached to an aromatic ring is 2. The second kappa shape index (κ2) is 51.4. The molecule has 0 aliphatic carbocycles. The molecule has 0 saturated carbocycles. The summed E-state index contributed by atoms with van der Waals surface area (Å²) in [6.45, 7) is 10.1. The molecular weight excluding hydrogens is 1530 g/mol. The molecule has 6 N–H and O–H groups in total. The van der Waals surface area contributed by atoms with E-state index in [1.807, 2.05) is 85.2 Å². The van der Waals surface area contributed by atoms with Crippen LogP contribution < -0.4 is 59.4 Å². The molecule has 0 radical (unpaired) electrons. The predicted octanol–water partition coefficient (Wildman–Crippen LogP) is 0.830. The number of nitrogens with zero attached hydrogens (tertiary/aromatic N) is 15. The summed E-state index contributed by atoms with van der Waals surface area (Å²) < 4.78 is 121. The van der Waals surface area contributed by atoms with E-state index in [1.54, 1.807) is 163 Å². The number of esters is 5. The Morgan fingerprint density at radius 2 is 0.805 bits per heavy atom. The van der Waals surface area contributed by atoms with Gasteiger partial charge in [0.05, 0.1) is 78.1 Å². The minimum absolute atomic E-state index is 0. The molecular formula is C69H69B2ClF8N19O14+. The second-order valence-electron chi connectivity index (χ2n) is 20.4. The number of nitrogens with one attached hydrogen (secondary N) is 2. The molecule has 0 saturated heterocycles. The van der Waals surface area contributed by atoms with Crippen molar-refractivity contribution in [3.8, 4) is 11.4 Å². The van der Waals surface area contributed by atoms with Gasteiger partial charge in [0.2, 0.25) is 21.8 Å². The van der Waals surface area contributed by atoms with E-state index in [0.29, 0.717) is 51.8 Å². The maximum atomic E-state index is 12.4. The van der Waals surface area contributed by atoms with E-state index in [1.165, 1.54) is 24.3 Å². The number of nitrogens with two attached hydrogens (primary N) is 2. The van der Waals surface area contributed by atoms with Gasteiger partial charge >= 0.3 is 67.7 Å². The van der Waals surface area contributed by atoms with Crippen molar-refractivity contribution in [2.75, 3.05) is 55.4 Å². The molecule has 0 amide bonds. The largest absolute Gasteiger partial charge is 1.00 e. The van der Waals surface area contributed by atoms with Crippen molar-refractivity contribution in [3.63, 3.8) is 0 Å². The molecule has 33 nitrogen and oxygen atoms in total. The molecule has 0 bridgehead atoms. The number of benzene rings is 4. The van der Waals surface area contributed by atoms with Crippen molar-refractivity contribution >= 4 is 102 Å². The van der Waals surface area contributed by atoms with Crippen molar-refractivity contribution in [2.45, 2.75) is 41.0 Å². The number of ether oxygens (including phenoxy) is 5. The summed E-state index contributed by atoms with van der Waals surface area (Å²) in [5, 5.41) is 33.8. The lowest BCUT2D eigenvalue weighted by atomic mass is 10.2. The maximum Gasteiger partial charge on any atom is 0.762 e. The van der Waals surface area contributed by atoms with Crippen LogP contribution in [0.5, 0.6) is 0 Å². The molecule has 0 fully saturated rings. The first kappa shape index (κ1) is 95.1. The van der Waals surface area contributed by atoms with Crippen molar-refractivity contribution in [3.05, 3.63) is 257 Å². The third-order valence-electron chi connectivity index (χ3n) is 12.8. The zero-order chi connectivity index (χ0) is 81.7. The highest BCUT2D eigenvalue weighted by atomic mass is 35.7. The lowest BCUT2D eigenvalue weighted by Crippen LogP contribution is -3.00. The first-order chi connectivity index (χ1) is 53.2. The molecule has 0 aliphatic rings. The number of carbonyl (C=O) groups excluding carboxylic acids is 5. The van der Waals surface area contributed by atoms with Crippen molar-refractivity contribution < 1.29 is 121 Å².